The van der Waals surface area contributed by atoms with Gasteiger partial charge >= 0.3 is 0 Å². The molecule has 2 aromatic rings. The summed E-state index contributed by atoms with van der Waals surface area (Å²) in [7, 11) is 0. The maximum Gasteiger partial charge on any atom is 0.257 e. The molecule has 1 amide bonds. The van der Waals surface area contributed by atoms with Crippen LogP contribution in [0, 0.1) is 0 Å². The number of carbonyl (C=O) groups is 1. The highest BCUT2D eigenvalue weighted by Gasteiger charge is 2.21. The Hall–Kier alpha value is -1.96. The van der Waals surface area contributed by atoms with Crippen LogP contribution in [0.25, 0.3) is 0 Å². The minimum Gasteiger partial charge on any atom is -0.491 e. The van der Waals surface area contributed by atoms with E-state index in [4.69, 9.17) is 9.47 Å². The van der Waals surface area contributed by atoms with Crippen LogP contribution in [0.5, 0.6) is 5.75 Å². The van der Waals surface area contributed by atoms with Crippen LogP contribution in [-0.2, 0) is 17.7 Å². The summed E-state index contributed by atoms with van der Waals surface area (Å²) < 4.78 is 11.3. The zero-order chi connectivity index (χ0) is 18.6. The van der Waals surface area contributed by atoms with Gasteiger partial charge in [-0.2, -0.15) is 0 Å². The minimum atomic E-state index is -0.140. The number of ether oxygens (including phenoxy) is 2. The average molecular weight is 388 g/mol. The van der Waals surface area contributed by atoms with Crippen LogP contribution in [-0.4, -0.2) is 48.2 Å². The molecule has 0 bridgehead atoms. The summed E-state index contributed by atoms with van der Waals surface area (Å²) in [5.74, 6) is 0.616. The van der Waals surface area contributed by atoms with Gasteiger partial charge < -0.3 is 9.47 Å². The van der Waals surface area contributed by atoms with Gasteiger partial charge in [-0.25, -0.2) is 4.98 Å². The van der Waals surface area contributed by atoms with E-state index in [9.17, 15) is 4.79 Å². The maximum absolute atomic E-state index is 12.5. The summed E-state index contributed by atoms with van der Waals surface area (Å²) in [6, 6.07) is 7.23. The smallest absolute Gasteiger partial charge is 0.257 e. The fourth-order valence-corrected chi connectivity index (χ4v) is 4.45. The number of fused-ring (bicyclic) bond motifs is 1. The molecule has 2 aliphatic heterocycles. The van der Waals surface area contributed by atoms with E-state index in [0.717, 1.165) is 56.9 Å². The fourth-order valence-electron chi connectivity index (χ4n) is 3.41. The zero-order valence-electron chi connectivity index (χ0n) is 15.6. The predicted molar refractivity (Wildman–Crippen MR) is 106 cm³/mol. The molecule has 1 saturated heterocycles. The highest BCUT2D eigenvalue weighted by Crippen LogP contribution is 2.28. The Bertz CT molecular complexity index is 784. The average Bonchev–Trinajstić information content (AvgIpc) is 3.35. The van der Waals surface area contributed by atoms with Crippen LogP contribution in [0.15, 0.2) is 24.3 Å². The molecule has 27 heavy (non-hydrogen) atoms. The standard InChI is InChI=1S/C20H25N3O3S/c1-2-23-10-9-17-18(12-23)27-20(21-17)22-19(24)14-5-7-15(8-6-14)26-13-16-4-3-11-25-16/h5-8,16H,2-4,9-13H2,1H3,(H,21,22,24). The summed E-state index contributed by atoms with van der Waals surface area (Å²) in [4.78, 5) is 20.8. The van der Waals surface area contributed by atoms with Crippen molar-refractivity contribution in [2.75, 3.05) is 31.6 Å². The lowest BCUT2D eigenvalue weighted by Crippen LogP contribution is -2.29. The first kappa shape index (κ1) is 18.4. The van der Waals surface area contributed by atoms with E-state index < -0.39 is 0 Å². The van der Waals surface area contributed by atoms with Gasteiger partial charge in [0, 0.05) is 36.6 Å². The number of anilines is 1. The van der Waals surface area contributed by atoms with Gasteiger partial charge in [0.1, 0.15) is 12.4 Å². The third-order valence-corrected chi connectivity index (χ3v) is 6.05. The van der Waals surface area contributed by atoms with E-state index in [1.54, 1.807) is 23.5 Å². The molecule has 3 heterocycles. The van der Waals surface area contributed by atoms with Gasteiger partial charge in [-0.3, -0.25) is 15.0 Å². The Morgan fingerprint density at radius 2 is 2.26 bits per heavy atom. The van der Waals surface area contributed by atoms with E-state index >= 15 is 0 Å². The maximum atomic E-state index is 12.5. The molecule has 1 N–H and O–H groups in total. The topological polar surface area (TPSA) is 63.7 Å². The number of hydrogen-bond donors (Lipinski definition) is 1. The molecule has 2 aliphatic rings. The number of benzene rings is 1. The molecular weight excluding hydrogens is 362 g/mol. The molecule has 1 unspecified atom stereocenters. The van der Waals surface area contributed by atoms with E-state index in [0.29, 0.717) is 17.3 Å². The van der Waals surface area contributed by atoms with Gasteiger partial charge in [0.2, 0.25) is 0 Å². The van der Waals surface area contributed by atoms with E-state index in [1.165, 1.54) is 4.88 Å². The van der Waals surface area contributed by atoms with Crippen LogP contribution < -0.4 is 10.1 Å². The molecule has 4 rings (SSSR count). The Labute approximate surface area is 163 Å². The molecule has 0 saturated carbocycles. The summed E-state index contributed by atoms with van der Waals surface area (Å²) in [6.45, 7) is 6.56. The van der Waals surface area contributed by atoms with Gasteiger partial charge in [0.25, 0.3) is 5.91 Å². The quantitative estimate of drug-likeness (QED) is 0.824. The van der Waals surface area contributed by atoms with Crippen molar-refractivity contribution in [1.82, 2.24) is 9.88 Å². The van der Waals surface area contributed by atoms with Crippen LogP contribution in [0.4, 0.5) is 5.13 Å². The second kappa shape index (κ2) is 8.37. The second-order valence-corrected chi connectivity index (χ2v) is 8.02. The van der Waals surface area contributed by atoms with Gasteiger partial charge in [-0.1, -0.05) is 6.92 Å². The van der Waals surface area contributed by atoms with Crippen molar-refractivity contribution < 1.29 is 14.3 Å². The molecule has 144 valence electrons. The number of nitrogens with one attached hydrogen (secondary N) is 1. The lowest BCUT2D eigenvalue weighted by atomic mass is 10.2. The predicted octanol–water partition coefficient (Wildman–Crippen LogP) is 3.33. The number of rotatable bonds is 6. The molecule has 1 aromatic carbocycles. The fraction of sp³-hybridized carbons (Fsp3) is 0.500. The molecular formula is C20H25N3O3S. The largest absolute Gasteiger partial charge is 0.491 e. The van der Waals surface area contributed by atoms with Crippen LogP contribution >= 0.6 is 11.3 Å². The molecule has 1 aromatic heterocycles. The number of amides is 1. The van der Waals surface area contributed by atoms with Crippen molar-refractivity contribution in [3.63, 3.8) is 0 Å². The minimum absolute atomic E-state index is 0.140. The van der Waals surface area contributed by atoms with Crippen molar-refractivity contribution in [2.45, 2.75) is 38.8 Å². The Kier molecular flexibility index (Phi) is 5.71. The van der Waals surface area contributed by atoms with E-state index in [2.05, 4.69) is 22.1 Å². The van der Waals surface area contributed by atoms with Crippen molar-refractivity contribution in [3.05, 3.63) is 40.4 Å². The molecule has 7 heteroatoms. The van der Waals surface area contributed by atoms with Crippen molar-refractivity contribution >= 4 is 22.4 Å². The van der Waals surface area contributed by atoms with E-state index in [1.807, 2.05) is 12.1 Å². The third kappa shape index (κ3) is 4.48. The highest BCUT2D eigenvalue weighted by molar-refractivity contribution is 7.15. The number of hydrogen-bond acceptors (Lipinski definition) is 6. The highest BCUT2D eigenvalue weighted by atomic mass is 32.1. The third-order valence-electron chi connectivity index (χ3n) is 5.05. The summed E-state index contributed by atoms with van der Waals surface area (Å²) in [5, 5.41) is 3.62. The number of thiazole rings is 1. The Morgan fingerprint density at radius 3 is 3.00 bits per heavy atom. The second-order valence-electron chi connectivity index (χ2n) is 6.93. The lowest BCUT2D eigenvalue weighted by Gasteiger charge is -2.23. The van der Waals surface area contributed by atoms with Crippen LogP contribution in [0.3, 0.4) is 0 Å². The van der Waals surface area contributed by atoms with Gasteiger partial charge in [0.05, 0.1) is 11.8 Å². The first-order valence-corrected chi connectivity index (χ1v) is 10.4. The first-order valence-electron chi connectivity index (χ1n) is 9.58. The van der Waals surface area contributed by atoms with Gasteiger partial charge in [0.15, 0.2) is 5.13 Å². The Morgan fingerprint density at radius 1 is 1.41 bits per heavy atom. The summed E-state index contributed by atoms with van der Waals surface area (Å²) in [5.41, 5.74) is 1.72. The zero-order valence-corrected chi connectivity index (χ0v) is 16.4. The molecule has 0 radical (unpaired) electrons. The molecule has 0 aliphatic carbocycles. The number of likely N-dealkylation sites (N-methyl/N-ethyl adjacent to an activating group) is 1. The van der Waals surface area contributed by atoms with Crippen molar-refractivity contribution in [3.8, 4) is 5.75 Å². The van der Waals surface area contributed by atoms with Crippen molar-refractivity contribution in [1.29, 1.82) is 0 Å². The summed E-state index contributed by atoms with van der Waals surface area (Å²) in [6.07, 6.45) is 3.29. The number of carbonyl (C=O) groups excluding carboxylic acids is 1. The van der Waals surface area contributed by atoms with Crippen LogP contribution in [0.2, 0.25) is 0 Å². The lowest BCUT2D eigenvalue weighted by molar-refractivity contribution is 0.0679. The number of nitrogens with zero attached hydrogens (tertiary/aromatic N) is 2. The monoisotopic (exact) mass is 387 g/mol. The SMILES string of the molecule is CCN1CCc2nc(NC(=O)c3ccc(OCC4CCCO4)cc3)sc2C1. The molecule has 1 fully saturated rings. The van der Waals surface area contributed by atoms with Gasteiger partial charge in [-0.15, -0.1) is 11.3 Å². The van der Waals surface area contributed by atoms with E-state index in [-0.39, 0.29) is 12.0 Å². The Balaban J connectivity index is 1.33. The molecule has 0 spiro atoms. The normalized spacial score (nSPS) is 19.7. The van der Waals surface area contributed by atoms with Gasteiger partial charge in [-0.05, 0) is 43.7 Å². The van der Waals surface area contributed by atoms with Crippen LogP contribution in [0.1, 0.15) is 40.7 Å². The van der Waals surface area contributed by atoms with Crippen molar-refractivity contribution in [2.24, 2.45) is 0 Å². The number of aromatic nitrogens is 1. The molecule has 6 nitrogen and oxygen atoms in total. The first-order chi connectivity index (χ1) is 13.2. The summed E-state index contributed by atoms with van der Waals surface area (Å²) >= 11 is 1.58. The molecule has 1 atom stereocenters.